The van der Waals surface area contributed by atoms with Crippen molar-refractivity contribution in [3.63, 3.8) is 0 Å². The van der Waals surface area contributed by atoms with Gasteiger partial charge in [-0.15, -0.1) is 0 Å². The Hall–Kier alpha value is -1.27. The van der Waals surface area contributed by atoms with Crippen LogP contribution in [0.3, 0.4) is 0 Å². The van der Waals surface area contributed by atoms with Crippen LogP contribution in [0.1, 0.15) is 277 Å². The average Bonchev–Trinajstić information content (AvgIpc) is 3.41. The summed E-state index contributed by atoms with van der Waals surface area (Å²) >= 11 is 0. The molecule has 0 aromatic rings. The lowest BCUT2D eigenvalue weighted by molar-refractivity contribution is -0.359. The zero-order valence-electron chi connectivity index (χ0n) is 47.8. The number of nitrogens with one attached hydrogen (secondary N) is 1. The Kier molecular flexibility index (Phi) is 44.3. The van der Waals surface area contributed by atoms with E-state index in [2.05, 4.69) is 19.2 Å². The molecule has 0 radical (unpaired) electrons. The van der Waals surface area contributed by atoms with Gasteiger partial charge in [0.05, 0.1) is 32.0 Å². The second kappa shape index (κ2) is 47.5. The molecule has 14 heteroatoms. The molecule has 2 saturated heterocycles. The molecule has 1 amide bonds. The summed E-state index contributed by atoms with van der Waals surface area (Å²) in [5.74, 6) is -0.241. The Balaban J connectivity index is 1.59. The maximum atomic E-state index is 13.1. The van der Waals surface area contributed by atoms with Crippen molar-refractivity contribution in [1.29, 1.82) is 0 Å². The minimum Gasteiger partial charge on any atom is -0.394 e. The van der Waals surface area contributed by atoms with Crippen molar-refractivity contribution in [3.05, 3.63) is 12.2 Å². The molecule has 2 aliphatic heterocycles. The van der Waals surface area contributed by atoms with Crippen LogP contribution in [-0.2, 0) is 23.7 Å². The van der Waals surface area contributed by atoms with E-state index in [0.717, 1.165) is 38.5 Å². The third kappa shape index (κ3) is 33.2. The summed E-state index contributed by atoms with van der Waals surface area (Å²) in [5, 5.41) is 86.8. The number of carbonyl (C=O) groups is 1. The van der Waals surface area contributed by atoms with Gasteiger partial charge in [0.2, 0.25) is 5.91 Å². The van der Waals surface area contributed by atoms with Gasteiger partial charge in [0, 0.05) is 6.42 Å². The molecule has 12 atom stereocenters. The maximum absolute atomic E-state index is 13.1. The summed E-state index contributed by atoms with van der Waals surface area (Å²) in [5.41, 5.74) is 0. The van der Waals surface area contributed by atoms with Crippen molar-refractivity contribution in [3.8, 4) is 0 Å². The number of allylic oxidation sites excluding steroid dienone is 1. The van der Waals surface area contributed by atoms with E-state index in [1.54, 1.807) is 6.08 Å². The van der Waals surface area contributed by atoms with Gasteiger partial charge in [-0.2, -0.15) is 0 Å². The highest BCUT2D eigenvalue weighted by atomic mass is 16.7. The van der Waals surface area contributed by atoms with Crippen molar-refractivity contribution in [2.24, 2.45) is 0 Å². The molecule has 0 aliphatic carbocycles. The molecule has 75 heavy (non-hydrogen) atoms. The summed E-state index contributed by atoms with van der Waals surface area (Å²) in [6.45, 7) is 2.78. The number of ether oxygens (including phenoxy) is 4. The highest BCUT2D eigenvalue weighted by Crippen LogP contribution is 2.30. The van der Waals surface area contributed by atoms with Gasteiger partial charge >= 0.3 is 0 Å². The van der Waals surface area contributed by atoms with Crippen molar-refractivity contribution in [1.82, 2.24) is 5.32 Å². The lowest BCUT2D eigenvalue weighted by Crippen LogP contribution is -2.65. The number of rotatable bonds is 51. The molecule has 9 N–H and O–H groups in total. The molecule has 0 spiro atoms. The third-order valence-electron chi connectivity index (χ3n) is 15.7. The second-order valence-corrected chi connectivity index (χ2v) is 22.6. The normalized spacial score (nSPS) is 25.0. The molecule has 12 unspecified atom stereocenters. The van der Waals surface area contributed by atoms with Gasteiger partial charge in [0.25, 0.3) is 0 Å². The smallest absolute Gasteiger partial charge is 0.220 e. The van der Waals surface area contributed by atoms with Gasteiger partial charge in [-0.05, 0) is 19.3 Å². The molecule has 14 nitrogen and oxygen atoms in total. The molecule has 0 aromatic carbocycles. The molecule has 2 heterocycles. The molecule has 2 fully saturated rings. The monoisotopic (exact) mass is 1070 g/mol. The first kappa shape index (κ1) is 69.8. The number of aliphatic hydroxyl groups excluding tert-OH is 8. The van der Waals surface area contributed by atoms with Gasteiger partial charge in [-0.1, -0.05) is 264 Å². The minimum absolute atomic E-state index is 0.241. The van der Waals surface area contributed by atoms with Crippen LogP contribution in [0.5, 0.6) is 0 Å². The van der Waals surface area contributed by atoms with Crippen LogP contribution >= 0.6 is 0 Å². The summed E-state index contributed by atoms with van der Waals surface area (Å²) in [4.78, 5) is 13.1. The van der Waals surface area contributed by atoms with Gasteiger partial charge in [-0.3, -0.25) is 4.79 Å². The van der Waals surface area contributed by atoms with Crippen LogP contribution in [0.15, 0.2) is 12.2 Å². The zero-order valence-corrected chi connectivity index (χ0v) is 47.8. The number of aliphatic hydroxyl groups is 8. The molecule has 0 saturated carbocycles. The van der Waals surface area contributed by atoms with E-state index in [-0.39, 0.29) is 18.9 Å². The van der Waals surface area contributed by atoms with Gasteiger partial charge in [0.15, 0.2) is 12.6 Å². The van der Waals surface area contributed by atoms with E-state index in [1.807, 2.05) is 6.08 Å². The van der Waals surface area contributed by atoms with Crippen molar-refractivity contribution in [2.75, 3.05) is 19.8 Å². The van der Waals surface area contributed by atoms with Crippen LogP contribution in [0.25, 0.3) is 0 Å². The number of carbonyl (C=O) groups excluding carboxylic acids is 1. The van der Waals surface area contributed by atoms with Crippen LogP contribution in [0, 0.1) is 0 Å². The first-order valence-electron chi connectivity index (χ1n) is 31.4. The summed E-state index contributed by atoms with van der Waals surface area (Å²) in [6, 6.07) is -0.908. The van der Waals surface area contributed by atoms with Gasteiger partial charge < -0.3 is 65.1 Å². The maximum Gasteiger partial charge on any atom is 0.220 e. The van der Waals surface area contributed by atoms with Crippen molar-refractivity contribution in [2.45, 2.75) is 351 Å². The first-order chi connectivity index (χ1) is 36.6. The van der Waals surface area contributed by atoms with Gasteiger partial charge in [0.1, 0.15) is 48.8 Å². The van der Waals surface area contributed by atoms with Gasteiger partial charge in [-0.25, -0.2) is 0 Å². The topological polar surface area (TPSA) is 228 Å². The fourth-order valence-electron chi connectivity index (χ4n) is 10.6. The van der Waals surface area contributed by atoms with E-state index >= 15 is 0 Å². The lowest BCUT2D eigenvalue weighted by Gasteiger charge is -2.46. The number of hydrogen-bond donors (Lipinski definition) is 9. The molecule has 2 rings (SSSR count). The van der Waals surface area contributed by atoms with Crippen molar-refractivity contribution >= 4 is 5.91 Å². The molecule has 0 aromatic heterocycles. The molecule has 0 bridgehead atoms. The van der Waals surface area contributed by atoms with Crippen LogP contribution < -0.4 is 5.32 Å². The number of unbranched alkanes of at least 4 members (excludes halogenated alkanes) is 38. The Morgan fingerprint density at radius 1 is 0.467 bits per heavy atom. The number of hydrogen-bond acceptors (Lipinski definition) is 13. The van der Waals surface area contributed by atoms with E-state index in [1.165, 1.54) is 212 Å². The summed E-state index contributed by atoms with van der Waals surface area (Å²) in [6.07, 6.45) is 38.9. The van der Waals surface area contributed by atoms with E-state index < -0.39 is 86.8 Å². The summed E-state index contributed by atoms with van der Waals surface area (Å²) in [7, 11) is 0. The number of amides is 1. The Morgan fingerprint density at radius 3 is 1.23 bits per heavy atom. The highest BCUT2D eigenvalue weighted by Gasteiger charge is 2.51. The minimum atomic E-state index is -1.78. The quantitative estimate of drug-likeness (QED) is 0.0204. The Labute approximate surface area is 456 Å². The zero-order chi connectivity index (χ0) is 54.6. The largest absolute Gasteiger partial charge is 0.394 e. The van der Waals surface area contributed by atoms with Crippen molar-refractivity contribution < 1.29 is 64.6 Å². The average molecular weight is 1070 g/mol. The summed E-state index contributed by atoms with van der Waals surface area (Å²) < 4.78 is 22.7. The third-order valence-corrected chi connectivity index (χ3v) is 15.7. The SMILES string of the molecule is CCCCCCCCCCCCCCCCCCCCCCCCCCCCCCCCC/C=C/C(O)C(COC1OC(CO)C(OC2OC(CO)C(O)C(O)C2O)C(O)C1O)NC(=O)CCCCCCCCCC. The molecular formula is C61H117NO13. The molecule has 2 aliphatic rings. The molecular weight excluding hydrogens is 955 g/mol. The predicted molar refractivity (Wildman–Crippen MR) is 300 cm³/mol. The fourth-order valence-corrected chi connectivity index (χ4v) is 10.6. The Bertz CT molecular complexity index is 1310. The Morgan fingerprint density at radius 2 is 0.827 bits per heavy atom. The van der Waals surface area contributed by atoms with Crippen LogP contribution in [0.2, 0.25) is 0 Å². The standard InChI is InChI=1S/C61H117NO13/c1-3-5-7-9-11-13-14-15-16-17-18-19-20-21-22-23-24-25-26-27-28-29-30-31-32-33-34-35-36-37-38-40-42-44-50(65)49(62-53(66)45-43-41-39-12-10-8-6-4-2)48-72-60-58(71)56(69)59(52(47-64)74-60)75-61-57(70)55(68)54(67)51(46-63)73-61/h42,44,49-52,54-61,63-65,67-71H,3-41,43,45-48H2,1-2H3,(H,62,66)/b44-42+. The second-order valence-electron chi connectivity index (χ2n) is 22.6. The van der Waals surface area contributed by atoms with E-state index in [4.69, 9.17) is 18.9 Å². The van der Waals surface area contributed by atoms with E-state index in [9.17, 15) is 45.6 Å². The van der Waals surface area contributed by atoms with Crippen LogP contribution in [0.4, 0.5) is 0 Å². The lowest BCUT2D eigenvalue weighted by atomic mass is 9.97. The predicted octanol–water partition coefficient (Wildman–Crippen LogP) is 11.1. The first-order valence-corrected chi connectivity index (χ1v) is 31.4. The fraction of sp³-hybridized carbons (Fsp3) is 0.951. The van der Waals surface area contributed by atoms with E-state index in [0.29, 0.717) is 6.42 Å². The van der Waals surface area contributed by atoms with Crippen LogP contribution in [-0.4, -0.2) is 140 Å². The molecule has 444 valence electrons. The highest BCUT2D eigenvalue weighted by molar-refractivity contribution is 5.76.